The Balaban J connectivity index is 7.20. The van der Waals surface area contributed by atoms with Crippen LogP contribution in [0.2, 0.25) is 0 Å². The quantitative estimate of drug-likeness (QED) is 0.0565. The summed E-state index contributed by atoms with van der Waals surface area (Å²) in [5, 5.41) is 0. The molecule has 0 aromatic carbocycles. The van der Waals surface area contributed by atoms with E-state index in [0.717, 1.165) is 76.2 Å². The van der Waals surface area contributed by atoms with Crippen molar-refractivity contribution in [3.05, 3.63) is 0 Å². The topological polar surface area (TPSA) is 342 Å². The van der Waals surface area contributed by atoms with Gasteiger partial charge in [-0.15, -0.1) is 0 Å². The summed E-state index contributed by atoms with van der Waals surface area (Å²) in [6.45, 7) is 17.9. The molecule has 0 aliphatic carbocycles. The third-order valence-corrected chi connectivity index (χ3v) is 11.2. The minimum atomic E-state index is -1.27. The molecular weight excluding hydrogens is 1060 g/mol. The number of hydrogen-bond acceptors (Lipinski definition) is 26. The van der Waals surface area contributed by atoms with Crippen molar-refractivity contribution in [2.75, 3.05) is 0 Å². The van der Waals surface area contributed by atoms with Crippen molar-refractivity contribution in [3.8, 4) is 0 Å². The monoisotopic (exact) mass is 1150 g/mol. The van der Waals surface area contributed by atoms with Gasteiger partial charge < -0.3 is 61.6 Å². The van der Waals surface area contributed by atoms with Gasteiger partial charge in [0.15, 0.2) is 0 Å². The summed E-state index contributed by atoms with van der Waals surface area (Å²) in [5.74, 6) is -9.72. The van der Waals surface area contributed by atoms with Crippen LogP contribution in [-0.2, 0) is 124 Å². The largest absolute Gasteiger partial charge is 0.463 e. The molecule has 0 N–H and O–H groups in total. The van der Waals surface area contributed by atoms with Crippen LogP contribution in [0.3, 0.4) is 0 Å². The van der Waals surface area contributed by atoms with Gasteiger partial charge in [0.1, 0.15) is 79.4 Å². The van der Waals surface area contributed by atoms with E-state index in [-0.39, 0.29) is 77.0 Å². The van der Waals surface area contributed by atoms with Gasteiger partial charge in [-0.25, -0.2) is 0 Å². The van der Waals surface area contributed by atoms with Gasteiger partial charge in [-0.3, -0.25) is 62.3 Å². The van der Waals surface area contributed by atoms with Crippen molar-refractivity contribution in [1.29, 1.82) is 0 Å². The van der Waals surface area contributed by atoms with Gasteiger partial charge in [-0.05, 0) is 13.3 Å². The zero-order valence-corrected chi connectivity index (χ0v) is 48.8. The number of carbonyl (C=O) groups is 13. The SMILES string of the molecule is CCC(CC(CC(CC(CC(CC(CC(CC(CC(CC(CC(CC(CC(C)OC(C)=O)OC(C)=O)OC(C)=O)OC(C)=O)OC(C)=O)OC(C)=O)OC(C)=O)OC(C)=O)OC(C)=O)OC(C)=O)OC(C)=O)OC(C)=O)OC(C)=O. The maximum absolute atomic E-state index is 12.7. The molecule has 0 radical (unpaired) electrons. The number of hydrogen-bond donors (Lipinski definition) is 0. The van der Waals surface area contributed by atoms with E-state index < -0.39 is 157 Å². The number of esters is 13. The molecule has 0 amide bonds. The van der Waals surface area contributed by atoms with E-state index in [9.17, 15) is 62.3 Å². The lowest BCUT2D eigenvalue weighted by atomic mass is 9.93. The Labute approximate surface area is 467 Å². The number of ether oxygens (including phenoxy) is 13. The first kappa shape index (κ1) is 73.1. The Kier molecular flexibility index (Phi) is 35.3. The lowest BCUT2D eigenvalue weighted by Gasteiger charge is -2.32. The Morgan fingerprint density at radius 2 is 0.312 bits per heavy atom. The van der Waals surface area contributed by atoms with Crippen LogP contribution < -0.4 is 0 Å². The fourth-order valence-corrected chi connectivity index (χ4v) is 9.16. The maximum atomic E-state index is 12.7. The van der Waals surface area contributed by atoms with Crippen LogP contribution in [0.1, 0.15) is 187 Å². The second-order valence-corrected chi connectivity index (χ2v) is 19.4. The Morgan fingerprint density at radius 1 is 0.200 bits per heavy atom. The molecule has 13 atom stereocenters. The molecule has 13 unspecified atom stereocenters. The summed E-state index contributed by atoms with van der Waals surface area (Å²) in [6.07, 6.45) is -16.5. The molecule has 0 aliphatic heterocycles. The lowest BCUT2D eigenvalue weighted by Crippen LogP contribution is -2.38. The van der Waals surface area contributed by atoms with E-state index in [0.29, 0.717) is 6.42 Å². The van der Waals surface area contributed by atoms with Gasteiger partial charge in [0, 0.05) is 167 Å². The van der Waals surface area contributed by atoms with Gasteiger partial charge in [0.05, 0.1) is 0 Å². The molecule has 0 spiro atoms. The number of rotatable bonds is 38. The molecule has 26 nitrogen and oxygen atoms in total. The minimum Gasteiger partial charge on any atom is -0.463 e. The Hall–Kier alpha value is -6.89. The molecule has 0 fully saturated rings. The van der Waals surface area contributed by atoms with E-state index in [1.54, 1.807) is 13.8 Å². The van der Waals surface area contributed by atoms with Crippen LogP contribution in [0.15, 0.2) is 0 Å². The molecular formula is C54H84O26. The first-order chi connectivity index (χ1) is 37.1. The van der Waals surface area contributed by atoms with Crippen LogP contribution in [0.25, 0.3) is 0 Å². The van der Waals surface area contributed by atoms with Crippen molar-refractivity contribution in [1.82, 2.24) is 0 Å². The standard InChI is InChI=1S/C54H84O26/c1-16-43(69-31(4)56)18-45(71-33(6)58)20-47(73-35(8)60)22-49(75-37(10)62)24-51(77-39(12)64)26-53(79-41(14)66)28-54(80-42(15)67)27-52(78-40(13)65)25-50(76-38(11)63)23-48(74-36(9)61)21-46(72-34(7)59)19-44(70-32(5)57)17-29(2)68-30(3)55/h29,43-54H,16-28H2,1-15H3. The first-order valence-corrected chi connectivity index (χ1v) is 26.4. The number of carbonyl (C=O) groups excluding carboxylic acids is 13. The van der Waals surface area contributed by atoms with Gasteiger partial charge in [0.25, 0.3) is 0 Å². The highest BCUT2D eigenvalue weighted by molar-refractivity contribution is 5.70. The van der Waals surface area contributed by atoms with Gasteiger partial charge in [-0.1, -0.05) is 6.92 Å². The summed E-state index contributed by atoms with van der Waals surface area (Å²) in [4.78, 5) is 161. The Morgan fingerprint density at radius 3 is 0.438 bits per heavy atom. The van der Waals surface area contributed by atoms with Crippen molar-refractivity contribution in [2.45, 2.75) is 267 Å². The highest BCUT2D eigenvalue weighted by Crippen LogP contribution is 2.29. The molecule has 0 aromatic rings. The van der Waals surface area contributed by atoms with Crippen LogP contribution in [-0.4, -0.2) is 157 Å². The third-order valence-electron chi connectivity index (χ3n) is 11.2. The van der Waals surface area contributed by atoms with Crippen LogP contribution in [0.5, 0.6) is 0 Å². The molecule has 0 rings (SSSR count). The van der Waals surface area contributed by atoms with E-state index in [1.807, 2.05) is 0 Å². The molecule has 0 bridgehead atoms. The predicted molar refractivity (Wildman–Crippen MR) is 274 cm³/mol. The second-order valence-electron chi connectivity index (χ2n) is 19.4. The van der Waals surface area contributed by atoms with Gasteiger partial charge in [0.2, 0.25) is 0 Å². The summed E-state index contributed by atoms with van der Waals surface area (Å²) >= 11 is 0. The normalized spacial score (nSPS) is 15.8. The molecule has 0 saturated heterocycles. The summed E-state index contributed by atoms with van der Waals surface area (Å²) in [7, 11) is 0. The molecule has 0 aliphatic rings. The highest BCUT2D eigenvalue weighted by atomic mass is 16.6. The summed E-state index contributed by atoms with van der Waals surface area (Å²) in [5.41, 5.74) is 0. The summed E-state index contributed by atoms with van der Waals surface area (Å²) in [6, 6.07) is 0. The minimum absolute atomic E-state index is 0.00325. The van der Waals surface area contributed by atoms with Crippen molar-refractivity contribution < 1.29 is 124 Å². The van der Waals surface area contributed by atoms with Gasteiger partial charge in [-0.2, -0.15) is 0 Å². The highest BCUT2D eigenvalue weighted by Gasteiger charge is 2.36. The van der Waals surface area contributed by atoms with Crippen molar-refractivity contribution >= 4 is 77.6 Å². The Bertz CT molecular complexity index is 2070. The van der Waals surface area contributed by atoms with E-state index in [2.05, 4.69) is 0 Å². The van der Waals surface area contributed by atoms with Crippen molar-refractivity contribution in [3.63, 3.8) is 0 Å². The molecule has 0 aromatic heterocycles. The maximum Gasteiger partial charge on any atom is 0.302 e. The third kappa shape index (κ3) is 38.6. The molecule has 0 heterocycles. The molecule has 0 saturated carbocycles. The lowest BCUT2D eigenvalue weighted by molar-refractivity contribution is -0.165. The average Bonchev–Trinajstić information content (AvgIpc) is 3.22. The second kappa shape index (κ2) is 38.7. The van der Waals surface area contributed by atoms with Crippen molar-refractivity contribution in [2.24, 2.45) is 0 Å². The summed E-state index contributed by atoms with van der Waals surface area (Å²) < 4.78 is 72.3. The zero-order chi connectivity index (χ0) is 61.4. The van der Waals surface area contributed by atoms with E-state index >= 15 is 0 Å². The first-order valence-electron chi connectivity index (χ1n) is 26.4. The fourth-order valence-electron chi connectivity index (χ4n) is 9.16. The van der Waals surface area contributed by atoms with Crippen LogP contribution >= 0.6 is 0 Å². The van der Waals surface area contributed by atoms with Crippen LogP contribution in [0.4, 0.5) is 0 Å². The molecule has 26 heteroatoms. The van der Waals surface area contributed by atoms with E-state index in [1.165, 1.54) is 13.8 Å². The smallest absolute Gasteiger partial charge is 0.302 e. The predicted octanol–water partition coefficient (Wildman–Crippen LogP) is 5.21. The fraction of sp³-hybridized carbons (Fsp3) is 0.759. The molecule has 80 heavy (non-hydrogen) atoms. The van der Waals surface area contributed by atoms with Gasteiger partial charge >= 0.3 is 77.6 Å². The molecule has 456 valence electrons. The average molecular weight is 1150 g/mol. The van der Waals surface area contributed by atoms with Crippen LogP contribution in [0, 0.1) is 0 Å². The van der Waals surface area contributed by atoms with E-state index in [4.69, 9.17) is 61.6 Å². The zero-order valence-electron chi connectivity index (χ0n) is 48.8.